The Labute approximate surface area is 157 Å². The average molecular weight is 356 g/mol. The van der Waals surface area contributed by atoms with Crippen LogP contribution in [0.15, 0.2) is 59.0 Å². The molecule has 0 saturated heterocycles. The van der Waals surface area contributed by atoms with Crippen LogP contribution in [0.1, 0.15) is 27.0 Å². The fraction of sp³-hybridized carbons (Fsp3) is 0.130. The van der Waals surface area contributed by atoms with Crippen molar-refractivity contribution in [2.45, 2.75) is 20.8 Å². The van der Waals surface area contributed by atoms with Crippen molar-refractivity contribution in [3.05, 3.63) is 82.4 Å². The predicted octanol–water partition coefficient (Wildman–Crippen LogP) is 5.24. The van der Waals surface area contributed by atoms with E-state index in [0.29, 0.717) is 5.58 Å². The number of amides is 1. The maximum Gasteiger partial charge on any atom is 0.261 e. The smallest absolute Gasteiger partial charge is 0.261 e. The number of carbonyl (C=O) groups excluding carboxylic acids is 1. The van der Waals surface area contributed by atoms with E-state index in [1.54, 1.807) is 6.07 Å². The third-order valence-electron chi connectivity index (χ3n) is 4.84. The molecule has 0 spiro atoms. The molecule has 27 heavy (non-hydrogen) atoms. The number of hydrogen-bond acceptors (Lipinski definition) is 3. The lowest BCUT2D eigenvalue weighted by molar-refractivity contribution is 0.102. The van der Waals surface area contributed by atoms with E-state index in [-0.39, 0.29) is 17.0 Å². The Morgan fingerprint density at radius 2 is 1.63 bits per heavy atom. The summed E-state index contributed by atoms with van der Waals surface area (Å²) in [5.74, 6) is -0.339. The van der Waals surface area contributed by atoms with Crippen molar-refractivity contribution < 1.29 is 9.21 Å². The van der Waals surface area contributed by atoms with E-state index in [0.717, 1.165) is 38.5 Å². The highest BCUT2D eigenvalue weighted by molar-refractivity contribution is 6.10. The van der Waals surface area contributed by atoms with E-state index in [9.17, 15) is 4.79 Å². The quantitative estimate of drug-likeness (QED) is 0.482. The molecular weight excluding hydrogens is 336 g/mol. The number of rotatable bonds is 2. The zero-order valence-electron chi connectivity index (χ0n) is 15.5. The summed E-state index contributed by atoms with van der Waals surface area (Å²) in [4.78, 5) is 12.9. The van der Waals surface area contributed by atoms with Gasteiger partial charge in [0.05, 0.1) is 0 Å². The van der Waals surface area contributed by atoms with Gasteiger partial charge < -0.3 is 9.73 Å². The summed E-state index contributed by atoms with van der Waals surface area (Å²) in [7, 11) is 0. The average Bonchev–Trinajstić information content (AvgIpc) is 2.63. The van der Waals surface area contributed by atoms with Gasteiger partial charge in [0.15, 0.2) is 0 Å². The topological polar surface area (TPSA) is 66.1 Å². The van der Waals surface area contributed by atoms with Crippen molar-refractivity contribution in [3.63, 3.8) is 0 Å². The van der Waals surface area contributed by atoms with Crippen molar-refractivity contribution in [2.75, 3.05) is 5.32 Å². The van der Waals surface area contributed by atoms with Crippen molar-refractivity contribution in [3.8, 4) is 0 Å². The molecule has 134 valence electrons. The monoisotopic (exact) mass is 356 g/mol. The van der Waals surface area contributed by atoms with Gasteiger partial charge in [-0.15, -0.1) is 0 Å². The van der Waals surface area contributed by atoms with Gasteiger partial charge in [0.1, 0.15) is 11.1 Å². The molecule has 0 saturated carbocycles. The van der Waals surface area contributed by atoms with Gasteiger partial charge in [-0.3, -0.25) is 10.2 Å². The zero-order valence-corrected chi connectivity index (χ0v) is 15.5. The summed E-state index contributed by atoms with van der Waals surface area (Å²) in [6.07, 6.45) is 0. The summed E-state index contributed by atoms with van der Waals surface area (Å²) < 4.78 is 5.65. The molecule has 0 radical (unpaired) electrons. The van der Waals surface area contributed by atoms with E-state index in [1.165, 1.54) is 0 Å². The molecule has 0 aliphatic heterocycles. The molecule has 0 unspecified atom stereocenters. The number of fused-ring (bicyclic) bond motifs is 3. The normalized spacial score (nSPS) is 11.1. The molecule has 4 heteroatoms. The van der Waals surface area contributed by atoms with E-state index < -0.39 is 0 Å². The maximum absolute atomic E-state index is 12.9. The summed E-state index contributed by atoms with van der Waals surface area (Å²) in [5, 5.41) is 14.0. The highest BCUT2D eigenvalue weighted by atomic mass is 16.3. The second-order valence-corrected chi connectivity index (χ2v) is 6.92. The second kappa shape index (κ2) is 6.40. The van der Waals surface area contributed by atoms with Gasteiger partial charge in [0.2, 0.25) is 5.55 Å². The predicted molar refractivity (Wildman–Crippen MR) is 108 cm³/mol. The third kappa shape index (κ3) is 2.99. The van der Waals surface area contributed by atoms with Crippen LogP contribution in [0.5, 0.6) is 0 Å². The zero-order chi connectivity index (χ0) is 19.1. The lowest BCUT2D eigenvalue weighted by atomic mass is 10.0. The van der Waals surface area contributed by atoms with E-state index in [4.69, 9.17) is 9.83 Å². The Kier molecular flexibility index (Phi) is 4.04. The van der Waals surface area contributed by atoms with Gasteiger partial charge in [-0.05, 0) is 54.8 Å². The van der Waals surface area contributed by atoms with Gasteiger partial charge in [-0.25, -0.2) is 0 Å². The van der Waals surface area contributed by atoms with E-state index in [2.05, 4.69) is 5.32 Å². The van der Waals surface area contributed by atoms with Crippen molar-refractivity contribution in [2.24, 2.45) is 0 Å². The molecule has 4 rings (SSSR count). The molecule has 1 aromatic heterocycles. The molecule has 4 aromatic rings. The largest absolute Gasteiger partial charge is 0.438 e. The minimum atomic E-state index is -0.339. The number of benzene rings is 3. The number of hydrogen-bond donors (Lipinski definition) is 2. The first-order valence-electron chi connectivity index (χ1n) is 8.83. The lowest BCUT2D eigenvalue weighted by Crippen LogP contribution is -2.21. The van der Waals surface area contributed by atoms with Crippen LogP contribution in [0.4, 0.5) is 5.69 Å². The fourth-order valence-electron chi connectivity index (χ4n) is 3.62. The molecule has 0 atom stereocenters. The van der Waals surface area contributed by atoms with Crippen LogP contribution in [0.25, 0.3) is 21.7 Å². The van der Waals surface area contributed by atoms with Crippen LogP contribution in [0.3, 0.4) is 0 Å². The minimum Gasteiger partial charge on any atom is -0.438 e. The van der Waals surface area contributed by atoms with Crippen LogP contribution >= 0.6 is 0 Å². The first-order valence-corrected chi connectivity index (χ1v) is 8.83. The Hall–Kier alpha value is -3.40. The first kappa shape index (κ1) is 17.0. The molecular formula is C23H20N2O2. The molecule has 3 aromatic carbocycles. The fourth-order valence-corrected chi connectivity index (χ4v) is 3.62. The van der Waals surface area contributed by atoms with Gasteiger partial charge in [-0.1, -0.05) is 48.0 Å². The van der Waals surface area contributed by atoms with E-state index >= 15 is 0 Å². The molecule has 0 aliphatic carbocycles. The third-order valence-corrected chi connectivity index (χ3v) is 4.84. The summed E-state index contributed by atoms with van der Waals surface area (Å²) in [6.45, 7) is 5.96. The highest BCUT2D eigenvalue weighted by Gasteiger charge is 2.15. The van der Waals surface area contributed by atoms with Crippen molar-refractivity contribution >= 4 is 33.3 Å². The minimum absolute atomic E-state index is 0.141. The van der Waals surface area contributed by atoms with Crippen LogP contribution in [0.2, 0.25) is 0 Å². The van der Waals surface area contributed by atoms with Crippen molar-refractivity contribution in [1.82, 2.24) is 0 Å². The molecule has 2 N–H and O–H groups in total. The summed E-state index contributed by atoms with van der Waals surface area (Å²) >= 11 is 0. The molecule has 0 bridgehead atoms. The van der Waals surface area contributed by atoms with Crippen LogP contribution in [-0.4, -0.2) is 5.91 Å². The Morgan fingerprint density at radius 1 is 0.926 bits per heavy atom. The van der Waals surface area contributed by atoms with E-state index in [1.807, 2.05) is 69.3 Å². The molecule has 1 heterocycles. The van der Waals surface area contributed by atoms with Gasteiger partial charge in [0.25, 0.3) is 5.91 Å². The number of anilines is 1. The molecule has 4 nitrogen and oxygen atoms in total. The second-order valence-electron chi connectivity index (χ2n) is 6.92. The van der Waals surface area contributed by atoms with Crippen molar-refractivity contribution in [1.29, 1.82) is 5.41 Å². The van der Waals surface area contributed by atoms with Gasteiger partial charge >= 0.3 is 0 Å². The summed E-state index contributed by atoms with van der Waals surface area (Å²) in [6, 6.07) is 17.5. The number of nitrogens with one attached hydrogen (secondary N) is 2. The molecule has 1 amide bonds. The van der Waals surface area contributed by atoms with Crippen LogP contribution in [0, 0.1) is 26.2 Å². The summed E-state index contributed by atoms with van der Waals surface area (Å²) in [5.41, 5.74) is 4.60. The Bertz CT molecular complexity index is 1250. The molecule has 0 aliphatic rings. The maximum atomic E-state index is 12.9. The van der Waals surface area contributed by atoms with Gasteiger partial charge in [0, 0.05) is 11.1 Å². The Balaban J connectivity index is 1.84. The van der Waals surface area contributed by atoms with Gasteiger partial charge in [-0.2, -0.15) is 0 Å². The number of carbonyl (C=O) groups is 1. The lowest BCUT2D eigenvalue weighted by Gasteiger charge is -2.13. The SMILES string of the molecule is Cc1cc(C)c(NC(=O)c2cc3c(ccc4ccccc43)oc2=N)c(C)c1. The molecule has 0 fully saturated rings. The van der Waals surface area contributed by atoms with Crippen LogP contribution < -0.4 is 10.9 Å². The number of aryl methyl sites for hydroxylation is 3. The highest BCUT2D eigenvalue weighted by Crippen LogP contribution is 2.26. The van der Waals surface area contributed by atoms with Crippen LogP contribution in [-0.2, 0) is 0 Å². The standard InChI is InChI=1S/C23H20N2O2/c1-13-10-14(2)21(15(3)11-13)25-23(26)19-12-18-17-7-5-4-6-16(17)8-9-20(18)27-22(19)24/h4-12,24H,1-3H3,(H,25,26). The Morgan fingerprint density at radius 3 is 2.37 bits per heavy atom. The first-order chi connectivity index (χ1) is 12.9.